The summed E-state index contributed by atoms with van der Waals surface area (Å²) in [5.74, 6) is 1.98. The minimum Gasteiger partial charge on any atom is -0.493 e. The number of anilines is 2. The fraction of sp³-hybridized carbons (Fsp3) is 0.409. The van der Waals surface area contributed by atoms with Gasteiger partial charge in [-0.1, -0.05) is 17.7 Å². The van der Waals surface area contributed by atoms with E-state index in [1.165, 1.54) is 5.69 Å². The van der Waals surface area contributed by atoms with Gasteiger partial charge in [-0.05, 0) is 31.3 Å². The molecule has 1 aliphatic heterocycles. The van der Waals surface area contributed by atoms with E-state index in [9.17, 15) is 0 Å². The zero-order valence-electron chi connectivity index (χ0n) is 18.4. The molecule has 0 saturated carbocycles. The first-order valence-electron chi connectivity index (χ1n) is 9.96. The number of guanidine groups is 1. The van der Waals surface area contributed by atoms with Crippen molar-refractivity contribution < 1.29 is 9.47 Å². The first-order chi connectivity index (χ1) is 14.5. The molecule has 1 saturated heterocycles. The Balaban J connectivity index is 0.00000341. The lowest BCUT2D eigenvalue weighted by Gasteiger charge is -2.35. The fourth-order valence-corrected chi connectivity index (χ4v) is 3.70. The van der Waals surface area contributed by atoms with Crippen molar-refractivity contribution in [2.24, 2.45) is 4.99 Å². The Morgan fingerprint density at radius 2 is 1.77 bits per heavy atom. The number of nitrogens with one attached hydrogen (secondary N) is 2. The first-order valence-corrected chi connectivity index (χ1v) is 10.3. The van der Waals surface area contributed by atoms with E-state index in [4.69, 9.17) is 21.1 Å². The summed E-state index contributed by atoms with van der Waals surface area (Å²) in [6.07, 6.45) is 0. The molecular weight excluding hydrogens is 529 g/mol. The average molecular weight is 560 g/mol. The topological polar surface area (TPSA) is 61.4 Å². The highest BCUT2D eigenvalue weighted by Gasteiger charge is 2.18. The average Bonchev–Trinajstić information content (AvgIpc) is 2.77. The molecule has 0 aromatic heterocycles. The van der Waals surface area contributed by atoms with Crippen LogP contribution in [0.5, 0.6) is 11.5 Å². The number of benzene rings is 2. The number of aliphatic imine (C=N–C) groups is 1. The highest BCUT2D eigenvalue weighted by atomic mass is 127. The molecule has 0 spiro atoms. The van der Waals surface area contributed by atoms with Gasteiger partial charge in [-0.3, -0.25) is 4.99 Å². The van der Waals surface area contributed by atoms with Gasteiger partial charge in [0.05, 0.1) is 14.2 Å². The number of nitrogens with zero attached hydrogens (tertiary/aromatic N) is 3. The maximum absolute atomic E-state index is 6.57. The molecule has 2 aromatic rings. The van der Waals surface area contributed by atoms with Crippen LogP contribution in [-0.2, 0) is 6.54 Å². The van der Waals surface area contributed by atoms with E-state index in [1.54, 1.807) is 21.3 Å². The van der Waals surface area contributed by atoms with Crippen molar-refractivity contribution in [2.45, 2.75) is 6.54 Å². The van der Waals surface area contributed by atoms with Crippen LogP contribution < -0.4 is 25.0 Å². The Morgan fingerprint density at radius 1 is 1.06 bits per heavy atom. The van der Waals surface area contributed by atoms with Crippen LogP contribution in [0.1, 0.15) is 5.56 Å². The summed E-state index contributed by atoms with van der Waals surface area (Å²) in [4.78, 5) is 9.07. The number of likely N-dealkylation sites (N-methyl/N-ethyl adjacent to an activating group) is 1. The largest absolute Gasteiger partial charge is 0.493 e. The zero-order valence-corrected chi connectivity index (χ0v) is 21.5. The Labute approximate surface area is 206 Å². The molecule has 1 fully saturated rings. The lowest BCUT2D eigenvalue weighted by atomic mass is 10.1. The number of ether oxygens (including phenoxy) is 2. The molecule has 0 radical (unpaired) electrons. The second-order valence-corrected chi connectivity index (χ2v) is 7.56. The minimum atomic E-state index is 0. The van der Waals surface area contributed by atoms with Crippen molar-refractivity contribution >= 4 is 52.9 Å². The first kappa shape index (κ1) is 25.4. The molecule has 1 heterocycles. The predicted octanol–water partition coefficient (Wildman–Crippen LogP) is 3.91. The third-order valence-corrected chi connectivity index (χ3v) is 5.59. The summed E-state index contributed by atoms with van der Waals surface area (Å²) in [5.41, 5.74) is 3.09. The molecule has 170 valence electrons. The molecule has 7 nitrogen and oxygen atoms in total. The number of piperazine rings is 1. The van der Waals surface area contributed by atoms with Gasteiger partial charge in [0.15, 0.2) is 17.5 Å². The molecule has 0 bridgehead atoms. The Bertz CT molecular complexity index is 888. The zero-order chi connectivity index (χ0) is 21.5. The van der Waals surface area contributed by atoms with Crippen molar-refractivity contribution in [1.82, 2.24) is 10.2 Å². The van der Waals surface area contributed by atoms with E-state index in [0.717, 1.165) is 42.5 Å². The van der Waals surface area contributed by atoms with E-state index < -0.39 is 0 Å². The van der Waals surface area contributed by atoms with Crippen molar-refractivity contribution in [3.05, 3.63) is 47.0 Å². The van der Waals surface area contributed by atoms with Crippen LogP contribution >= 0.6 is 35.6 Å². The molecule has 2 N–H and O–H groups in total. The standard InChI is InChI=1S/C22H30ClN5O2.HI/c1-24-22(26-16-8-9-20(29-3)21(14-16)30-4)25-15-17-18(23)6-5-7-19(17)28-12-10-27(2)11-13-28;/h5-9,14H,10-13,15H2,1-4H3,(H2,24,25,26);1H. The monoisotopic (exact) mass is 559 g/mol. The van der Waals surface area contributed by atoms with Gasteiger partial charge in [-0.2, -0.15) is 0 Å². The SMILES string of the molecule is CN=C(NCc1c(Cl)cccc1N1CCN(C)CC1)Nc1ccc(OC)c(OC)c1.I. The summed E-state index contributed by atoms with van der Waals surface area (Å²) in [6, 6.07) is 11.7. The van der Waals surface area contributed by atoms with Crippen molar-refractivity contribution in [3.63, 3.8) is 0 Å². The number of rotatable bonds is 6. The Hall–Kier alpha value is -1.91. The molecule has 0 amide bonds. The van der Waals surface area contributed by atoms with Crippen LogP contribution in [0, 0.1) is 0 Å². The van der Waals surface area contributed by atoms with E-state index >= 15 is 0 Å². The lowest BCUT2D eigenvalue weighted by molar-refractivity contribution is 0.312. The van der Waals surface area contributed by atoms with Gasteiger partial charge in [-0.25, -0.2) is 0 Å². The van der Waals surface area contributed by atoms with Gasteiger partial charge >= 0.3 is 0 Å². The van der Waals surface area contributed by atoms with Gasteiger partial charge in [0.2, 0.25) is 0 Å². The molecule has 3 rings (SSSR count). The minimum absolute atomic E-state index is 0. The lowest BCUT2D eigenvalue weighted by Crippen LogP contribution is -2.45. The number of hydrogen-bond acceptors (Lipinski definition) is 5. The fourth-order valence-electron chi connectivity index (χ4n) is 3.47. The molecule has 2 aromatic carbocycles. The summed E-state index contributed by atoms with van der Waals surface area (Å²) in [6.45, 7) is 4.63. The molecular formula is C22H31ClIN5O2. The van der Waals surface area contributed by atoms with Crippen molar-refractivity contribution in [2.75, 3.05) is 64.7 Å². The van der Waals surface area contributed by atoms with Crippen molar-refractivity contribution in [3.8, 4) is 11.5 Å². The van der Waals surface area contributed by atoms with Crippen LogP contribution in [0.3, 0.4) is 0 Å². The molecule has 0 aliphatic carbocycles. The van der Waals surface area contributed by atoms with E-state index in [2.05, 4.69) is 38.5 Å². The highest BCUT2D eigenvalue weighted by Crippen LogP contribution is 2.30. The second-order valence-electron chi connectivity index (χ2n) is 7.15. The normalized spacial score (nSPS) is 14.6. The highest BCUT2D eigenvalue weighted by molar-refractivity contribution is 14.0. The molecule has 0 unspecified atom stereocenters. The van der Waals surface area contributed by atoms with Crippen molar-refractivity contribution in [1.29, 1.82) is 0 Å². The third kappa shape index (κ3) is 6.54. The van der Waals surface area contributed by atoms with E-state index in [0.29, 0.717) is 24.0 Å². The van der Waals surface area contributed by atoms with Crippen LogP contribution in [0.25, 0.3) is 0 Å². The number of halogens is 2. The summed E-state index contributed by atoms with van der Waals surface area (Å²) in [5, 5.41) is 7.41. The molecule has 0 atom stereocenters. The van der Waals surface area contributed by atoms with Gasteiger partial charge in [0, 0.05) is 67.8 Å². The third-order valence-electron chi connectivity index (χ3n) is 5.24. The van der Waals surface area contributed by atoms with Gasteiger partial charge in [0.25, 0.3) is 0 Å². The molecule has 31 heavy (non-hydrogen) atoms. The Morgan fingerprint density at radius 3 is 2.42 bits per heavy atom. The van der Waals surface area contributed by atoms with Crippen LogP contribution in [0.2, 0.25) is 5.02 Å². The van der Waals surface area contributed by atoms with E-state index in [1.807, 2.05) is 30.3 Å². The van der Waals surface area contributed by atoms with Gasteiger partial charge in [0.1, 0.15) is 0 Å². The van der Waals surface area contributed by atoms with Gasteiger partial charge in [-0.15, -0.1) is 24.0 Å². The van der Waals surface area contributed by atoms with E-state index in [-0.39, 0.29) is 24.0 Å². The summed E-state index contributed by atoms with van der Waals surface area (Å²) in [7, 11) is 7.13. The predicted molar refractivity (Wildman–Crippen MR) is 140 cm³/mol. The molecule has 1 aliphatic rings. The quantitative estimate of drug-likeness (QED) is 0.318. The maximum Gasteiger partial charge on any atom is 0.195 e. The van der Waals surface area contributed by atoms with Crippen LogP contribution in [0.4, 0.5) is 11.4 Å². The van der Waals surface area contributed by atoms with Gasteiger partial charge < -0.3 is 29.9 Å². The summed E-state index contributed by atoms with van der Waals surface area (Å²) < 4.78 is 10.7. The number of hydrogen-bond donors (Lipinski definition) is 2. The Kier molecular flexibility index (Phi) is 9.98. The van der Waals surface area contributed by atoms with Crippen LogP contribution in [0.15, 0.2) is 41.4 Å². The van der Waals surface area contributed by atoms with Crippen LogP contribution in [-0.4, -0.2) is 65.4 Å². The smallest absolute Gasteiger partial charge is 0.195 e. The maximum atomic E-state index is 6.57. The second kappa shape index (κ2) is 12.2. The number of methoxy groups -OCH3 is 2. The molecule has 9 heteroatoms. The summed E-state index contributed by atoms with van der Waals surface area (Å²) >= 11 is 6.57.